The standard InChI is InChI=1S/C18H15NO2S2/c1-12-5-7-14(8-6-12)19-17(20)16(23-18(19)22)11-13(2)10-15-4-3-9-21-15/h3-11H,1-2H3/b13-10+,16-11+. The second-order valence-electron chi connectivity index (χ2n) is 5.26. The van der Waals surface area contributed by atoms with Crippen LogP contribution in [0.3, 0.4) is 0 Å². The molecule has 0 bridgehead atoms. The van der Waals surface area contributed by atoms with Crippen molar-refractivity contribution in [1.29, 1.82) is 0 Å². The van der Waals surface area contributed by atoms with E-state index in [-0.39, 0.29) is 5.91 Å². The Morgan fingerprint density at radius 2 is 2.00 bits per heavy atom. The Bertz CT molecular complexity index is 802. The molecule has 3 rings (SSSR count). The van der Waals surface area contributed by atoms with Gasteiger partial charge in [0.05, 0.1) is 16.9 Å². The lowest BCUT2D eigenvalue weighted by atomic mass is 10.2. The summed E-state index contributed by atoms with van der Waals surface area (Å²) in [6.45, 7) is 3.94. The van der Waals surface area contributed by atoms with Crippen LogP contribution in [0.15, 0.2) is 63.6 Å². The number of benzene rings is 1. The summed E-state index contributed by atoms with van der Waals surface area (Å²) < 4.78 is 5.84. The van der Waals surface area contributed by atoms with Crippen LogP contribution >= 0.6 is 24.0 Å². The largest absolute Gasteiger partial charge is 0.465 e. The van der Waals surface area contributed by atoms with Crippen molar-refractivity contribution < 1.29 is 9.21 Å². The smallest absolute Gasteiger partial charge is 0.270 e. The number of allylic oxidation sites excluding steroid dienone is 2. The Morgan fingerprint density at radius 1 is 1.26 bits per heavy atom. The molecule has 5 heteroatoms. The highest BCUT2D eigenvalue weighted by molar-refractivity contribution is 8.27. The van der Waals surface area contributed by atoms with Crippen molar-refractivity contribution in [3.05, 3.63) is 70.5 Å². The van der Waals surface area contributed by atoms with Crippen molar-refractivity contribution in [1.82, 2.24) is 0 Å². The van der Waals surface area contributed by atoms with Crippen LogP contribution < -0.4 is 4.90 Å². The van der Waals surface area contributed by atoms with Crippen LogP contribution in [0.25, 0.3) is 6.08 Å². The number of rotatable bonds is 3. The number of nitrogens with zero attached hydrogens (tertiary/aromatic N) is 1. The van der Waals surface area contributed by atoms with E-state index in [1.165, 1.54) is 11.8 Å². The number of carbonyl (C=O) groups excluding carboxylic acids is 1. The lowest BCUT2D eigenvalue weighted by molar-refractivity contribution is -0.113. The van der Waals surface area contributed by atoms with Gasteiger partial charge in [0.2, 0.25) is 0 Å². The third kappa shape index (κ3) is 3.46. The number of thiocarbonyl (C=S) groups is 1. The first kappa shape index (κ1) is 15.8. The number of hydrogen-bond acceptors (Lipinski definition) is 4. The molecule has 1 aliphatic rings. The number of carbonyl (C=O) groups is 1. The molecule has 2 heterocycles. The Balaban J connectivity index is 1.86. The molecule has 0 spiro atoms. The lowest BCUT2D eigenvalue weighted by Crippen LogP contribution is -2.27. The van der Waals surface area contributed by atoms with Crippen molar-refractivity contribution >= 4 is 46.0 Å². The number of furan rings is 1. The zero-order valence-corrected chi connectivity index (χ0v) is 14.4. The van der Waals surface area contributed by atoms with Crippen molar-refractivity contribution in [3.8, 4) is 0 Å². The van der Waals surface area contributed by atoms with Gasteiger partial charge in [-0.1, -0.05) is 41.7 Å². The molecule has 116 valence electrons. The van der Waals surface area contributed by atoms with Gasteiger partial charge in [-0.15, -0.1) is 0 Å². The number of amides is 1. The number of aryl methyl sites for hydroxylation is 1. The van der Waals surface area contributed by atoms with Crippen molar-refractivity contribution in [2.75, 3.05) is 4.90 Å². The van der Waals surface area contributed by atoms with Gasteiger partial charge < -0.3 is 4.42 Å². The SMILES string of the molecule is CC(=C\c1ccco1)/C=C1/SC(=S)N(c2ccc(C)cc2)C1=O. The fraction of sp³-hybridized carbons (Fsp3) is 0.111. The quantitative estimate of drug-likeness (QED) is 0.585. The zero-order chi connectivity index (χ0) is 16.4. The van der Waals surface area contributed by atoms with Gasteiger partial charge in [0, 0.05) is 0 Å². The number of thioether (sulfide) groups is 1. The molecule has 0 saturated carbocycles. The predicted octanol–water partition coefficient (Wildman–Crippen LogP) is 4.94. The number of hydrogen-bond donors (Lipinski definition) is 0. The van der Waals surface area contributed by atoms with Gasteiger partial charge in [-0.05, 0) is 55.8 Å². The van der Waals surface area contributed by atoms with E-state index in [1.807, 2.05) is 62.4 Å². The topological polar surface area (TPSA) is 33.5 Å². The molecule has 2 aromatic rings. The maximum Gasteiger partial charge on any atom is 0.270 e. The lowest BCUT2D eigenvalue weighted by Gasteiger charge is -2.14. The van der Waals surface area contributed by atoms with Crippen LogP contribution in [0.5, 0.6) is 0 Å². The second-order valence-corrected chi connectivity index (χ2v) is 6.93. The van der Waals surface area contributed by atoms with Gasteiger partial charge in [-0.25, -0.2) is 0 Å². The summed E-state index contributed by atoms with van der Waals surface area (Å²) in [7, 11) is 0. The van der Waals surface area contributed by atoms with Crippen LogP contribution in [0.1, 0.15) is 18.2 Å². The van der Waals surface area contributed by atoms with E-state index in [0.29, 0.717) is 9.23 Å². The Morgan fingerprint density at radius 3 is 2.65 bits per heavy atom. The average Bonchev–Trinajstić information content (AvgIpc) is 3.10. The second kappa shape index (κ2) is 6.56. The summed E-state index contributed by atoms with van der Waals surface area (Å²) in [4.78, 5) is 14.8. The average molecular weight is 341 g/mol. The van der Waals surface area contributed by atoms with Crippen LogP contribution in [-0.2, 0) is 4.79 Å². The summed E-state index contributed by atoms with van der Waals surface area (Å²) in [5.74, 6) is 0.670. The molecule has 1 amide bonds. The minimum absolute atomic E-state index is 0.0870. The molecule has 0 unspecified atom stereocenters. The summed E-state index contributed by atoms with van der Waals surface area (Å²) in [5.41, 5.74) is 2.88. The first-order valence-electron chi connectivity index (χ1n) is 7.11. The van der Waals surface area contributed by atoms with E-state index in [0.717, 1.165) is 22.6 Å². The Hall–Kier alpha value is -2.11. The molecule has 0 aliphatic carbocycles. The van der Waals surface area contributed by atoms with Gasteiger partial charge in [0.15, 0.2) is 4.32 Å². The molecular formula is C18H15NO2S2. The van der Waals surface area contributed by atoms with E-state index < -0.39 is 0 Å². The molecule has 1 fully saturated rings. The Labute approximate surface area is 144 Å². The molecule has 1 aliphatic heterocycles. The van der Waals surface area contributed by atoms with Gasteiger partial charge >= 0.3 is 0 Å². The van der Waals surface area contributed by atoms with Gasteiger partial charge in [-0.2, -0.15) is 0 Å². The third-order valence-corrected chi connectivity index (χ3v) is 4.66. The van der Waals surface area contributed by atoms with E-state index in [2.05, 4.69) is 0 Å². The van der Waals surface area contributed by atoms with E-state index in [4.69, 9.17) is 16.6 Å². The van der Waals surface area contributed by atoms with Crippen LogP contribution in [0.2, 0.25) is 0 Å². The maximum absolute atomic E-state index is 12.6. The predicted molar refractivity (Wildman–Crippen MR) is 99.3 cm³/mol. The fourth-order valence-corrected chi connectivity index (χ4v) is 3.58. The molecular weight excluding hydrogens is 326 g/mol. The summed E-state index contributed by atoms with van der Waals surface area (Å²) in [6.07, 6.45) is 5.35. The van der Waals surface area contributed by atoms with Gasteiger partial charge in [0.1, 0.15) is 5.76 Å². The van der Waals surface area contributed by atoms with E-state index >= 15 is 0 Å². The van der Waals surface area contributed by atoms with Crippen LogP contribution in [-0.4, -0.2) is 10.2 Å². The maximum atomic E-state index is 12.6. The van der Waals surface area contributed by atoms with Crippen molar-refractivity contribution in [3.63, 3.8) is 0 Å². The normalized spacial score (nSPS) is 17.4. The summed E-state index contributed by atoms with van der Waals surface area (Å²) in [6, 6.07) is 11.5. The van der Waals surface area contributed by atoms with E-state index in [1.54, 1.807) is 11.2 Å². The van der Waals surface area contributed by atoms with Crippen LogP contribution in [0.4, 0.5) is 5.69 Å². The molecule has 3 nitrogen and oxygen atoms in total. The summed E-state index contributed by atoms with van der Waals surface area (Å²) in [5, 5.41) is 0. The number of anilines is 1. The molecule has 0 radical (unpaired) electrons. The van der Waals surface area contributed by atoms with Gasteiger partial charge in [-0.3, -0.25) is 9.69 Å². The van der Waals surface area contributed by atoms with Crippen molar-refractivity contribution in [2.45, 2.75) is 13.8 Å². The Kier molecular flexibility index (Phi) is 4.50. The molecule has 1 aromatic carbocycles. The van der Waals surface area contributed by atoms with E-state index in [9.17, 15) is 4.79 Å². The highest BCUT2D eigenvalue weighted by Gasteiger charge is 2.33. The molecule has 0 N–H and O–H groups in total. The monoisotopic (exact) mass is 341 g/mol. The molecule has 1 aromatic heterocycles. The fourth-order valence-electron chi connectivity index (χ4n) is 2.23. The van der Waals surface area contributed by atoms with Crippen molar-refractivity contribution in [2.24, 2.45) is 0 Å². The minimum Gasteiger partial charge on any atom is -0.465 e. The first-order chi connectivity index (χ1) is 11.0. The van der Waals surface area contributed by atoms with Crippen LogP contribution in [0, 0.1) is 6.92 Å². The summed E-state index contributed by atoms with van der Waals surface area (Å²) >= 11 is 6.69. The molecule has 23 heavy (non-hydrogen) atoms. The zero-order valence-electron chi connectivity index (χ0n) is 12.8. The minimum atomic E-state index is -0.0870. The molecule has 1 saturated heterocycles. The first-order valence-corrected chi connectivity index (χ1v) is 8.33. The highest BCUT2D eigenvalue weighted by atomic mass is 32.2. The third-order valence-electron chi connectivity index (χ3n) is 3.36. The molecule has 0 atom stereocenters. The van der Waals surface area contributed by atoms with Gasteiger partial charge in [0.25, 0.3) is 5.91 Å². The highest BCUT2D eigenvalue weighted by Crippen LogP contribution is 2.35.